The molecule has 26 heavy (non-hydrogen) atoms. The van der Waals surface area contributed by atoms with Crippen LogP contribution in [0.15, 0.2) is 60.9 Å². The number of pyridine rings is 1. The Morgan fingerprint density at radius 3 is 2.54 bits per heavy atom. The van der Waals surface area contributed by atoms with Crippen LogP contribution in [-0.4, -0.2) is 10.9 Å². The molecule has 0 saturated heterocycles. The lowest BCUT2D eigenvalue weighted by atomic mass is 10.2. The Balaban J connectivity index is 1.68. The van der Waals surface area contributed by atoms with Gasteiger partial charge in [-0.2, -0.15) is 0 Å². The number of nitrogens with zero attached hydrogens (tertiary/aromatic N) is 1. The Labute approximate surface area is 160 Å². The molecule has 0 aliphatic carbocycles. The maximum Gasteiger partial charge on any atom is 0.253 e. The van der Waals surface area contributed by atoms with Crippen LogP contribution in [0.1, 0.15) is 15.9 Å². The lowest BCUT2D eigenvalue weighted by molar-refractivity contribution is 0.0950. The van der Waals surface area contributed by atoms with Gasteiger partial charge in [0.05, 0.1) is 28.2 Å². The molecule has 132 valence electrons. The van der Waals surface area contributed by atoms with Crippen LogP contribution >= 0.6 is 23.2 Å². The van der Waals surface area contributed by atoms with Gasteiger partial charge in [-0.15, -0.1) is 0 Å². The van der Waals surface area contributed by atoms with Crippen molar-refractivity contribution in [3.63, 3.8) is 0 Å². The van der Waals surface area contributed by atoms with Crippen LogP contribution in [0.4, 0.5) is 15.8 Å². The van der Waals surface area contributed by atoms with Crippen LogP contribution in [0.2, 0.25) is 10.0 Å². The first-order valence-electron chi connectivity index (χ1n) is 7.71. The molecule has 2 aromatic carbocycles. The molecule has 0 aliphatic heterocycles. The average molecular weight is 390 g/mol. The number of hydrogen-bond donors (Lipinski definition) is 2. The van der Waals surface area contributed by atoms with Gasteiger partial charge in [0, 0.05) is 17.8 Å². The minimum absolute atomic E-state index is 0.285. The van der Waals surface area contributed by atoms with Gasteiger partial charge in [-0.25, -0.2) is 4.39 Å². The van der Waals surface area contributed by atoms with Crippen molar-refractivity contribution in [2.45, 2.75) is 6.54 Å². The van der Waals surface area contributed by atoms with Gasteiger partial charge in [0.15, 0.2) is 0 Å². The van der Waals surface area contributed by atoms with Crippen LogP contribution < -0.4 is 10.6 Å². The summed E-state index contributed by atoms with van der Waals surface area (Å²) in [6.07, 6.45) is 3.05. The highest BCUT2D eigenvalue weighted by Gasteiger charge is 2.08. The highest BCUT2D eigenvalue weighted by molar-refractivity contribution is 6.36. The number of anilines is 2. The summed E-state index contributed by atoms with van der Waals surface area (Å²) < 4.78 is 12.9. The predicted octanol–water partition coefficient (Wildman–Crippen LogP) is 5.20. The topological polar surface area (TPSA) is 54.0 Å². The molecule has 3 aromatic rings. The van der Waals surface area contributed by atoms with E-state index < -0.39 is 0 Å². The molecule has 4 nitrogen and oxygen atoms in total. The first-order valence-corrected chi connectivity index (χ1v) is 8.46. The monoisotopic (exact) mass is 389 g/mol. The number of carbonyl (C=O) groups is 1. The zero-order valence-corrected chi connectivity index (χ0v) is 15.0. The average Bonchev–Trinajstić information content (AvgIpc) is 2.63. The van der Waals surface area contributed by atoms with E-state index in [9.17, 15) is 9.18 Å². The number of halogens is 3. The summed E-state index contributed by atoms with van der Waals surface area (Å²) in [5.74, 6) is -0.600. The third-order valence-corrected chi connectivity index (χ3v) is 4.12. The third kappa shape index (κ3) is 4.71. The van der Waals surface area contributed by atoms with E-state index >= 15 is 0 Å². The fraction of sp³-hybridized carbons (Fsp3) is 0.0526. The minimum Gasteiger partial charge on any atom is -0.353 e. The number of aromatic nitrogens is 1. The van der Waals surface area contributed by atoms with E-state index in [1.807, 2.05) is 0 Å². The largest absolute Gasteiger partial charge is 0.353 e. The molecule has 0 spiro atoms. The summed E-state index contributed by atoms with van der Waals surface area (Å²) >= 11 is 12.0. The first-order chi connectivity index (χ1) is 12.5. The Hall–Kier alpha value is -2.63. The molecule has 2 N–H and O–H groups in total. The predicted molar refractivity (Wildman–Crippen MR) is 102 cm³/mol. The second-order valence-electron chi connectivity index (χ2n) is 5.52. The summed E-state index contributed by atoms with van der Waals surface area (Å²) in [4.78, 5) is 16.4. The Bertz CT molecular complexity index is 932. The standard InChI is InChI=1S/C19H14Cl2FN3O/c20-14-3-6-18(17(21)8-14)25-16-7-13(10-23-11-16)19(26)24-9-12-1-4-15(22)5-2-12/h1-8,10-11,25H,9H2,(H,24,26). The fourth-order valence-electron chi connectivity index (χ4n) is 2.27. The number of benzene rings is 2. The quantitative estimate of drug-likeness (QED) is 0.630. The second kappa shape index (κ2) is 8.17. The first kappa shape index (κ1) is 18.2. The molecule has 0 radical (unpaired) electrons. The van der Waals surface area contributed by atoms with Crippen LogP contribution in [0, 0.1) is 5.82 Å². The molecule has 1 amide bonds. The van der Waals surface area contributed by atoms with Crippen molar-refractivity contribution in [2.24, 2.45) is 0 Å². The van der Waals surface area contributed by atoms with E-state index in [0.29, 0.717) is 33.5 Å². The summed E-state index contributed by atoms with van der Waals surface area (Å²) in [7, 11) is 0. The molecular formula is C19H14Cl2FN3O. The van der Waals surface area contributed by atoms with E-state index in [-0.39, 0.29) is 11.7 Å². The summed E-state index contributed by atoms with van der Waals surface area (Å²) in [5.41, 5.74) is 2.46. The van der Waals surface area contributed by atoms with Gasteiger partial charge in [-0.05, 0) is 42.0 Å². The molecule has 0 atom stereocenters. The van der Waals surface area contributed by atoms with Crippen molar-refractivity contribution >= 4 is 40.5 Å². The van der Waals surface area contributed by atoms with Crippen molar-refractivity contribution in [3.8, 4) is 0 Å². The normalized spacial score (nSPS) is 10.4. The van der Waals surface area contributed by atoms with Gasteiger partial charge in [-0.1, -0.05) is 35.3 Å². The molecule has 0 aliphatic rings. The molecule has 7 heteroatoms. The Kier molecular flexibility index (Phi) is 5.71. The summed E-state index contributed by atoms with van der Waals surface area (Å²) in [5, 5.41) is 6.87. The van der Waals surface area contributed by atoms with Gasteiger partial charge in [0.25, 0.3) is 5.91 Å². The molecule has 0 unspecified atom stereocenters. The maximum atomic E-state index is 12.9. The Morgan fingerprint density at radius 1 is 1.04 bits per heavy atom. The summed E-state index contributed by atoms with van der Waals surface area (Å²) in [6.45, 7) is 0.291. The maximum absolute atomic E-state index is 12.9. The smallest absolute Gasteiger partial charge is 0.253 e. The van der Waals surface area contributed by atoms with Crippen molar-refractivity contribution in [2.75, 3.05) is 5.32 Å². The highest BCUT2D eigenvalue weighted by Crippen LogP contribution is 2.28. The van der Waals surface area contributed by atoms with Crippen molar-refractivity contribution in [1.29, 1.82) is 0 Å². The van der Waals surface area contributed by atoms with Crippen molar-refractivity contribution in [3.05, 3.63) is 87.9 Å². The minimum atomic E-state index is -0.316. The Morgan fingerprint density at radius 2 is 1.81 bits per heavy atom. The van der Waals surface area contributed by atoms with E-state index in [4.69, 9.17) is 23.2 Å². The van der Waals surface area contributed by atoms with Crippen LogP contribution in [0.25, 0.3) is 0 Å². The van der Waals surface area contributed by atoms with Gasteiger partial charge in [0.1, 0.15) is 5.82 Å². The molecule has 1 heterocycles. The van der Waals surface area contributed by atoms with Gasteiger partial charge in [0.2, 0.25) is 0 Å². The molecule has 0 bridgehead atoms. The van der Waals surface area contributed by atoms with E-state index in [2.05, 4.69) is 15.6 Å². The summed E-state index contributed by atoms with van der Waals surface area (Å²) in [6, 6.07) is 12.7. The third-order valence-electron chi connectivity index (χ3n) is 3.58. The van der Waals surface area contributed by atoms with Crippen LogP contribution in [-0.2, 0) is 6.54 Å². The number of amides is 1. The van der Waals surface area contributed by atoms with Gasteiger partial charge < -0.3 is 10.6 Å². The number of carbonyl (C=O) groups excluding carboxylic acids is 1. The molecular weight excluding hydrogens is 376 g/mol. The molecule has 0 saturated carbocycles. The fourth-order valence-corrected chi connectivity index (χ4v) is 2.72. The van der Waals surface area contributed by atoms with Gasteiger partial charge >= 0.3 is 0 Å². The molecule has 3 rings (SSSR count). The second-order valence-corrected chi connectivity index (χ2v) is 6.36. The zero-order chi connectivity index (χ0) is 18.5. The van der Waals surface area contributed by atoms with Crippen LogP contribution in [0.5, 0.6) is 0 Å². The molecule has 1 aromatic heterocycles. The highest BCUT2D eigenvalue weighted by atomic mass is 35.5. The zero-order valence-electron chi connectivity index (χ0n) is 13.5. The van der Waals surface area contributed by atoms with Crippen molar-refractivity contribution in [1.82, 2.24) is 10.3 Å². The van der Waals surface area contributed by atoms with E-state index in [1.54, 1.807) is 42.6 Å². The number of nitrogens with one attached hydrogen (secondary N) is 2. The lowest BCUT2D eigenvalue weighted by Crippen LogP contribution is -2.23. The number of hydrogen-bond acceptors (Lipinski definition) is 3. The van der Waals surface area contributed by atoms with Gasteiger partial charge in [-0.3, -0.25) is 9.78 Å². The molecule has 0 fully saturated rings. The van der Waals surface area contributed by atoms with E-state index in [0.717, 1.165) is 5.56 Å². The van der Waals surface area contributed by atoms with Crippen LogP contribution in [0.3, 0.4) is 0 Å². The number of rotatable bonds is 5. The SMILES string of the molecule is O=C(NCc1ccc(F)cc1)c1cncc(Nc2ccc(Cl)cc2Cl)c1. The van der Waals surface area contributed by atoms with E-state index in [1.165, 1.54) is 18.3 Å². The van der Waals surface area contributed by atoms with Crippen molar-refractivity contribution < 1.29 is 9.18 Å². The lowest BCUT2D eigenvalue weighted by Gasteiger charge is -2.10.